The van der Waals surface area contributed by atoms with Gasteiger partial charge < -0.3 is 15.4 Å². The summed E-state index contributed by atoms with van der Waals surface area (Å²) in [5.41, 5.74) is 3.02. The molecule has 7 nitrogen and oxygen atoms in total. The van der Waals surface area contributed by atoms with E-state index in [9.17, 15) is 8.42 Å². The van der Waals surface area contributed by atoms with Crippen molar-refractivity contribution in [2.75, 3.05) is 20.7 Å². The summed E-state index contributed by atoms with van der Waals surface area (Å²) in [6.45, 7) is 5.60. The summed E-state index contributed by atoms with van der Waals surface area (Å²) in [6, 6.07) is 12.9. The lowest BCUT2D eigenvalue weighted by molar-refractivity contribution is 0.336. The number of nitrogens with one attached hydrogen (secondary N) is 3. The highest BCUT2D eigenvalue weighted by molar-refractivity contribution is 14.0. The third-order valence-corrected chi connectivity index (χ3v) is 5.54. The van der Waals surface area contributed by atoms with Gasteiger partial charge in [0, 0.05) is 25.7 Å². The van der Waals surface area contributed by atoms with Gasteiger partial charge in [-0.15, -0.1) is 24.0 Å². The maximum absolute atomic E-state index is 11.9. The van der Waals surface area contributed by atoms with Gasteiger partial charge in [-0.25, -0.2) is 13.1 Å². The first kappa shape index (κ1) is 25.2. The molecule has 0 aromatic heterocycles. The fourth-order valence-electron chi connectivity index (χ4n) is 2.62. The molecule has 3 N–H and O–H groups in total. The minimum absolute atomic E-state index is 0. The number of aryl methyl sites for hydroxylation is 1. The summed E-state index contributed by atoms with van der Waals surface area (Å²) in [4.78, 5) is 4.46. The third-order valence-electron chi connectivity index (χ3n) is 4.13. The largest absolute Gasteiger partial charge is 0.494 e. The molecule has 9 heteroatoms. The minimum Gasteiger partial charge on any atom is -0.494 e. The topological polar surface area (TPSA) is 91.8 Å². The number of nitrogens with zero attached hydrogens (tertiary/aromatic N) is 1. The SMILES string of the molecule is CCOc1cc(C)ccc1CNC(=NC)NCc1cccc(S(=O)(=O)NC)c1.I. The summed E-state index contributed by atoms with van der Waals surface area (Å²) in [5, 5.41) is 6.46. The number of rotatable bonds is 8. The van der Waals surface area contributed by atoms with Gasteiger partial charge in [-0.05, 0) is 50.2 Å². The van der Waals surface area contributed by atoms with Crippen LogP contribution in [0.3, 0.4) is 0 Å². The summed E-state index contributed by atoms with van der Waals surface area (Å²) in [6.07, 6.45) is 0. The van der Waals surface area contributed by atoms with Crippen molar-refractivity contribution in [3.05, 3.63) is 59.2 Å². The van der Waals surface area contributed by atoms with E-state index in [4.69, 9.17) is 4.74 Å². The lowest BCUT2D eigenvalue weighted by atomic mass is 10.1. The van der Waals surface area contributed by atoms with Gasteiger partial charge in [0.05, 0.1) is 11.5 Å². The molecule has 2 aromatic rings. The zero-order valence-electron chi connectivity index (χ0n) is 17.2. The summed E-state index contributed by atoms with van der Waals surface area (Å²) in [7, 11) is -0.376. The monoisotopic (exact) mass is 532 g/mol. The van der Waals surface area contributed by atoms with Crippen molar-refractivity contribution >= 4 is 40.0 Å². The molecule has 29 heavy (non-hydrogen) atoms. The Hall–Kier alpha value is -1.85. The van der Waals surface area contributed by atoms with Crippen molar-refractivity contribution in [1.82, 2.24) is 15.4 Å². The molecule has 0 saturated heterocycles. The van der Waals surface area contributed by atoms with E-state index in [1.54, 1.807) is 25.2 Å². The average molecular weight is 532 g/mol. The Bertz CT molecular complexity index is 933. The van der Waals surface area contributed by atoms with Gasteiger partial charge in [0.15, 0.2) is 5.96 Å². The van der Waals surface area contributed by atoms with Crippen molar-refractivity contribution in [2.45, 2.75) is 31.8 Å². The van der Waals surface area contributed by atoms with Gasteiger partial charge in [0.25, 0.3) is 0 Å². The highest BCUT2D eigenvalue weighted by Gasteiger charge is 2.11. The van der Waals surface area contributed by atoms with Gasteiger partial charge in [-0.1, -0.05) is 24.3 Å². The van der Waals surface area contributed by atoms with Crippen LogP contribution < -0.4 is 20.1 Å². The number of aliphatic imine (C=N–C) groups is 1. The fourth-order valence-corrected chi connectivity index (χ4v) is 3.42. The molecule has 2 rings (SSSR count). The smallest absolute Gasteiger partial charge is 0.240 e. The molecule has 0 unspecified atom stereocenters. The fraction of sp³-hybridized carbons (Fsp3) is 0.350. The zero-order valence-corrected chi connectivity index (χ0v) is 20.3. The molecular weight excluding hydrogens is 503 g/mol. The average Bonchev–Trinajstić information content (AvgIpc) is 2.70. The number of hydrogen-bond acceptors (Lipinski definition) is 4. The highest BCUT2D eigenvalue weighted by Crippen LogP contribution is 2.20. The van der Waals surface area contributed by atoms with Crippen LogP contribution in [0.15, 0.2) is 52.4 Å². The predicted molar refractivity (Wildman–Crippen MR) is 127 cm³/mol. The molecule has 0 aliphatic heterocycles. The molecule has 0 spiro atoms. The quantitative estimate of drug-likeness (QED) is 0.277. The van der Waals surface area contributed by atoms with Gasteiger partial charge in [-0.3, -0.25) is 4.99 Å². The zero-order chi connectivity index (χ0) is 20.6. The first-order chi connectivity index (χ1) is 13.4. The molecule has 0 fully saturated rings. The lowest BCUT2D eigenvalue weighted by Crippen LogP contribution is -2.36. The summed E-state index contributed by atoms with van der Waals surface area (Å²) in [5.74, 6) is 1.47. The second-order valence-electron chi connectivity index (χ2n) is 6.18. The Morgan fingerprint density at radius 1 is 1.10 bits per heavy atom. The molecule has 0 atom stereocenters. The molecular formula is C20H29IN4O3S. The number of halogens is 1. The Kier molecular flexibility index (Phi) is 10.4. The normalized spacial score (nSPS) is 11.5. The molecule has 0 amide bonds. The van der Waals surface area contributed by atoms with E-state index in [0.717, 1.165) is 22.4 Å². The van der Waals surface area contributed by atoms with Crippen LogP contribution in [0.2, 0.25) is 0 Å². The molecule has 0 heterocycles. The predicted octanol–water partition coefficient (Wildman–Crippen LogP) is 2.79. The highest BCUT2D eigenvalue weighted by atomic mass is 127. The van der Waals surface area contributed by atoms with Crippen LogP contribution in [0.25, 0.3) is 0 Å². The first-order valence-electron chi connectivity index (χ1n) is 9.09. The second kappa shape index (κ2) is 12.0. The van der Waals surface area contributed by atoms with Crippen molar-refractivity contribution in [1.29, 1.82) is 0 Å². The lowest BCUT2D eigenvalue weighted by Gasteiger charge is -2.15. The van der Waals surface area contributed by atoms with Gasteiger partial charge >= 0.3 is 0 Å². The van der Waals surface area contributed by atoms with Crippen LogP contribution in [0, 0.1) is 6.92 Å². The summed E-state index contributed by atoms with van der Waals surface area (Å²) < 4.78 is 31.9. The van der Waals surface area contributed by atoms with E-state index >= 15 is 0 Å². The molecule has 0 radical (unpaired) electrons. The van der Waals surface area contributed by atoms with E-state index in [0.29, 0.717) is 25.7 Å². The van der Waals surface area contributed by atoms with Gasteiger partial charge in [0.1, 0.15) is 5.75 Å². The van der Waals surface area contributed by atoms with Crippen LogP contribution in [0.5, 0.6) is 5.75 Å². The first-order valence-corrected chi connectivity index (χ1v) is 10.6. The Morgan fingerprint density at radius 2 is 1.83 bits per heavy atom. The van der Waals surface area contributed by atoms with E-state index in [-0.39, 0.29) is 28.9 Å². The van der Waals surface area contributed by atoms with Crippen molar-refractivity contribution in [3.63, 3.8) is 0 Å². The van der Waals surface area contributed by atoms with E-state index in [2.05, 4.69) is 20.3 Å². The Morgan fingerprint density at radius 3 is 2.48 bits per heavy atom. The van der Waals surface area contributed by atoms with Gasteiger partial charge in [0.2, 0.25) is 10.0 Å². The maximum Gasteiger partial charge on any atom is 0.240 e. The standard InChI is InChI=1S/C20H28N4O3S.HI/c1-5-27-19-11-15(2)9-10-17(19)14-24-20(21-3)23-13-16-7-6-8-18(12-16)28(25,26)22-4;/h6-12,22H,5,13-14H2,1-4H3,(H2,21,23,24);1H. The number of benzene rings is 2. The molecule has 0 saturated carbocycles. The van der Waals surface area contributed by atoms with E-state index < -0.39 is 10.0 Å². The molecule has 160 valence electrons. The third kappa shape index (κ3) is 7.48. The van der Waals surface area contributed by atoms with E-state index in [1.165, 1.54) is 7.05 Å². The molecule has 0 aliphatic carbocycles. The minimum atomic E-state index is -3.46. The van der Waals surface area contributed by atoms with Crippen LogP contribution in [0.1, 0.15) is 23.6 Å². The van der Waals surface area contributed by atoms with E-state index in [1.807, 2.05) is 38.1 Å². The number of hydrogen-bond donors (Lipinski definition) is 3. The number of sulfonamides is 1. The number of ether oxygens (including phenoxy) is 1. The molecule has 0 bridgehead atoms. The van der Waals surface area contributed by atoms with Crippen molar-refractivity contribution in [3.8, 4) is 5.75 Å². The Balaban J connectivity index is 0.00000420. The van der Waals surface area contributed by atoms with Crippen LogP contribution >= 0.6 is 24.0 Å². The van der Waals surface area contributed by atoms with Gasteiger partial charge in [-0.2, -0.15) is 0 Å². The van der Waals surface area contributed by atoms with Crippen molar-refractivity contribution in [2.24, 2.45) is 4.99 Å². The van der Waals surface area contributed by atoms with Crippen LogP contribution in [0.4, 0.5) is 0 Å². The molecule has 0 aliphatic rings. The maximum atomic E-state index is 11.9. The van der Waals surface area contributed by atoms with Crippen LogP contribution in [-0.2, 0) is 23.1 Å². The summed E-state index contributed by atoms with van der Waals surface area (Å²) >= 11 is 0. The molecule has 2 aromatic carbocycles. The number of guanidine groups is 1. The van der Waals surface area contributed by atoms with Crippen molar-refractivity contribution < 1.29 is 13.2 Å². The Labute approximate surface area is 190 Å². The second-order valence-corrected chi connectivity index (χ2v) is 8.07. The van der Waals surface area contributed by atoms with Crippen LogP contribution in [-0.4, -0.2) is 35.1 Å².